The summed E-state index contributed by atoms with van der Waals surface area (Å²) in [6.07, 6.45) is 1.54. The molecule has 0 atom stereocenters. The van der Waals surface area contributed by atoms with Crippen molar-refractivity contribution in [1.82, 2.24) is 5.43 Å². The number of nitrogens with one attached hydrogen (secondary N) is 1. The quantitative estimate of drug-likeness (QED) is 0.567. The second-order valence-electron chi connectivity index (χ2n) is 5.05. The Balaban J connectivity index is 1.50. The number of carbonyl (C=O) groups excluding carboxylic acids is 1. The minimum absolute atomic E-state index is 0.219. The van der Waals surface area contributed by atoms with Gasteiger partial charge in [0, 0.05) is 10.1 Å². The highest BCUT2D eigenvalue weighted by molar-refractivity contribution is 7.21. The molecule has 5 nitrogen and oxygen atoms in total. The average Bonchev–Trinajstić information content (AvgIpc) is 3.19. The number of hydrogen-bond donors (Lipinski definition) is 1. The lowest BCUT2D eigenvalue weighted by atomic mass is 10.2. The van der Waals surface area contributed by atoms with E-state index < -0.39 is 0 Å². The minimum Gasteiger partial charge on any atom is -0.454 e. The van der Waals surface area contributed by atoms with Crippen molar-refractivity contribution in [3.8, 4) is 11.5 Å². The monoisotopic (exact) mass is 358 g/mol. The van der Waals surface area contributed by atoms with Crippen LogP contribution in [-0.4, -0.2) is 18.9 Å². The Morgan fingerprint density at radius 1 is 1.21 bits per heavy atom. The van der Waals surface area contributed by atoms with Gasteiger partial charge in [0.05, 0.1) is 11.2 Å². The van der Waals surface area contributed by atoms with E-state index in [0.29, 0.717) is 21.4 Å². The number of halogens is 1. The molecule has 1 aliphatic heterocycles. The van der Waals surface area contributed by atoms with E-state index in [4.69, 9.17) is 21.1 Å². The Bertz CT molecular complexity index is 968. The Morgan fingerprint density at radius 3 is 2.92 bits per heavy atom. The lowest BCUT2D eigenvalue weighted by Crippen LogP contribution is -2.16. The molecule has 2 aromatic carbocycles. The predicted molar refractivity (Wildman–Crippen MR) is 94.5 cm³/mol. The van der Waals surface area contributed by atoms with Crippen LogP contribution in [0.5, 0.6) is 11.5 Å². The Hall–Kier alpha value is -2.57. The number of rotatable bonds is 3. The third-order valence-corrected chi connectivity index (χ3v) is 5.19. The van der Waals surface area contributed by atoms with Crippen LogP contribution in [0.2, 0.25) is 5.02 Å². The van der Waals surface area contributed by atoms with E-state index in [-0.39, 0.29) is 12.7 Å². The van der Waals surface area contributed by atoms with Crippen molar-refractivity contribution >= 4 is 45.1 Å². The maximum Gasteiger partial charge on any atom is 0.283 e. The number of hydrogen-bond acceptors (Lipinski definition) is 5. The van der Waals surface area contributed by atoms with Gasteiger partial charge in [-0.1, -0.05) is 29.8 Å². The predicted octanol–water partition coefficient (Wildman–Crippen LogP) is 4.05. The fourth-order valence-electron chi connectivity index (χ4n) is 2.37. The van der Waals surface area contributed by atoms with Gasteiger partial charge in [-0.15, -0.1) is 11.3 Å². The average molecular weight is 359 g/mol. The highest BCUT2D eigenvalue weighted by atomic mass is 35.5. The second-order valence-corrected chi connectivity index (χ2v) is 6.48. The SMILES string of the molecule is O=C(N/N=C/c1ccc2c(c1)OCO2)c1sc2ccccc2c1Cl. The first kappa shape index (κ1) is 15.0. The number of benzene rings is 2. The van der Waals surface area contributed by atoms with Gasteiger partial charge in [0.15, 0.2) is 11.5 Å². The van der Waals surface area contributed by atoms with E-state index >= 15 is 0 Å². The maximum atomic E-state index is 12.3. The summed E-state index contributed by atoms with van der Waals surface area (Å²) in [4.78, 5) is 12.7. The largest absolute Gasteiger partial charge is 0.454 e. The minimum atomic E-state index is -0.335. The van der Waals surface area contributed by atoms with Crippen molar-refractivity contribution in [3.63, 3.8) is 0 Å². The normalized spacial score (nSPS) is 12.9. The Morgan fingerprint density at radius 2 is 2.04 bits per heavy atom. The van der Waals surface area contributed by atoms with E-state index in [1.807, 2.05) is 30.3 Å². The van der Waals surface area contributed by atoms with Crippen molar-refractivity contribution in [1.29, 1.82) is 0 Å². The summed E-state index contributed by atoms with van der Waals surface area (Å²) in [6.45, 7) is 0.219. The zero-order chi connectivity index (χ0) is 16.5. The molecule has 0 spiro atoms. The number of thiophene rings is 1. The molecule has 1 aliphatic rings. The molecule has 1 aromatic heterocycles. The molecule has 1 amide bonds. The molecule has 0 saturated carbocycles. The van der Waals surface area contributed by atoms with Crippen LogP contribution in [0.1, 0.15) is 15.2 Å². The summed E-state index contributed by atoms with van der Waals surface area (Å²) in [5.74, 6) is 1.03. The van der Waals surface area contributed by atoms with Crippen LogP contribution >= 0.6 is 22.9 Å². The van der Waals surface area contributed by atoms with Crippen molar-refractivity contribution in [2.45, 2.75) is 0 Å². The van der Waals surface area contributed by atoms with Gasteiger partial charge in [-0.3, -0.25) is 4.79 Å². The van der Waals surface area contributed by atoms with Crippen LogP contribution < -0.4 is 14.9 Å². The first-order valence-electron chi connectivity index (χ1n) is 7.12. The molecule has 7 heteroatoms. The van der Waals surface area contributed by atoms with Gasteiger partial charge in [-0.25, -0.2) is 5.43 Å². The van der Waals surface area contributed by atoms with Crippen molar-refractivity contribution < 1.29 is 14.3 Å². The van der Waals surface area contributed by atoms with Crippen molar-refractivity contribution in [2.24, 2.45) is 5.10 Å². The third-order valence-electron chi connectivity index (χ3n) is 3.52. The van der Waals surface area contributed by atoms with Crippen LogP contribution in [0.15, 0.2) is 47.6 Å². The molecule has 3 aromatic rings. The van der Waals surface area contributed by atoms with Gasteiger partial charge in [0.25, 0.3) is 5.91 Å². The molecule has 0 saturated heterocycles. The zero-order valence-electron chi connectivity index (χ0n) is 12.3. The second kappa shape index (κ2) is 6.14. The van der Waals surface area contributed by atoms with Gasteiger partial charge in [0.2, 0.25) is 6.79 Å². The maximum absolute atomic E-state index is 12.3. The number of carbonyl (C=O) groups is 1. The van der Waals surface area contributed by atoms with Crippen molar-refractivity contribution in [2.75, 3.05) is 6.79 Å². The fourth-order valence-corrected chi connectivity index (χ4v) is 3.78. The number of ether oxygens (including phenoxy) is 2. The lowest BCUT2D eigenvalue weighted by Gasteiger charge is -1.99. The van der Waals surface area contributed by atoms with Gasteiger partial charge >= 0.3 is 0 Å². The molecule has 4 rings (SSSR count). The van der Waals surface area contributed by atoms with E-state index in [0.717, 1.165) is 15.6 Å². The molecule has 0 aliphatic carbocycles. The highest BCUT2D eigenvalue weighted by Crippen LogP contribution is 2.35. The summed E-state index contributed by atoms with van der Waals surface area (Å²) < 4.78 is 11.5. The van der Waals surface area contributed by atoms with E-state index in [9.17, 15) is 4.79 Å². The van der Waals surface area contributed by atoms with Crippen molar-refractivity contribution in [3.05, 3.63) is 57.9 Å². The lowest BCUT2D eigenvalue weighted by molar-refractivity contribution is 0.0959. The Labute approximate surface area is 146 Å². The standard InChI is InChI=1S/C17H11ClN2O3S/c18-15-11-3-1-2-4-14(11)24-16(15)17(21)20-19-8-10-5-6-12-13(7-10)23-9-22-12/h1-8H,9H2,(H,20,21)/b19-8+. The smallest absolute Gasteiger partial charge is 0.283 e. The molecule has 24 heavy (non-hydrogen) atoms. The van der Waals surface area contributed by atoms with Crippen LogP contribution in [0.25, 0.3) is 10.1 Å². The molecule has 0 fully saturated rings. The molecule has 0 unspecified atom stereocenters. The molecule has 2 heterocycles. The van der Waals surface area contributed by atoms with E-state index in [1.54, 1.807) is 18.3 Å². The molecule has 0 bridgehead atoms. The summed E-state index contributed by atoms with van der Waals surface area (Å²) in [6, 6.07) is 13.0. The van der Waals surface area contributed by atoms with Gasteiger partial charge < -0.3 is 9.47 Å². The number of hydrazone groups is 1. The van der Waals surface area contributed by atoms with Gasteiger partial charge in [-0.05, 0) is 29.8 Å². The number of amides is 1. The number of nitrogens with zero attached hydrogens (tertiary/aromatic N) is 1. The van der Waals surface area contributed by atoms with E-state index in [1.165, 1.54) is 11.3 Å². The van der Waals surface area contributed by atoms with Crippen LogP contribution in [0, 0.1) is 0 Å². The van der Waals surface area contributed by atoms with Gasteiger partial charge in [-0.2, -0.15) is 5.10 Å². The fraction of sp³-hybridized carbons (Fsp3) is 0.0588. The summed E-state index contributed by atoms with van der Waals surface area (Å²) in [5.41, 5.74) is 3.29. The molecular formula is C17H11ClN2O3S. The topological polar surface area (TPSA) is 59.9 Å². The first-order chi connectivity index (χ1) is 11.7. The van der Waals surface area contributed by atoms with Crippen LogP contribution in [-0.2, 0) is 0 Å². The highest BCUT2D eigenvalue weighted by Gasteiger charge is 2.16. The van der Waals surface area contributed by atoms with Crippen LogP contribution in [0.3, 0.4) is 0 Å². The zero-order valence-corrected chi connectivity index (χ0v) is 13.9. The summed E-state index contributed by atoms with van der Waals surface area (Å²) >= 11 is 7.62. The molecule has 1 N–H and O–H groups in total. The Kier molecular flexibility index (Phi) is 3.84. The molecule has 120 valence electrons. The van der Waals surface area contributed by atoms with Gasteiger partial charge in [0.1, 0.15) is 4.88 Å². The molecular weight excluding hydrogens is 348 g/mol. The molecule has 0 radical (unpaired) electrons. The van der Waals surface area contributed by atoms with Crippen LogP contribution in [0.4, 0.5) is 0 Å². The third kappa shape index (κ3) is 2.70. The summed E-state index contributed by atoms with van der Waals surface area (Å²) in [7, 11) is 0. The summed E-state index contributed by atoms with van der Waals surface area (Å²) in [5, 5.41) is 5.30. The first-order valence-corrected chi connectivity index (χ1v) is 8.32. The van der Waals surface area contributed by atoms with E-state index in [2.05, 4.69) is 10.5 Å². The number of fused-ring (bicyclic) bond motifs is 2.